The second-order valence-electron chi connectivity index (χ2n) is 5.97. The van der Waals surface area contributed by atoms with Crippen molar-refractivity contribution < 1.29 is 9.59 Å². The number of hydrogen-bond donors (Lipinski definition) is 2. The van der Waals surface area contributed by atoms with Crippen LogP contribution < -0.4 is 10.6 Å². The molecule has 1 atom stereocenters. The third-order valence-corrected chi connectivity index (χ3v) is 4.10. The highest BCUT2D eigenvalue weighted by Crippen LogP contribution is 2.18. The van der Waals surface area contributed by atoms with E-state index in [1.807, 2.05) is 43.3 Å². The number of nitrogens with one attached hydrogen (secondary N) is 2. The van der Waals surface area contributed by atoms with Crippen LogP contribution in [0.5, 0.6) is 0 Å². The number of anilines is 1. The molecular formula is C22H20N2O2. The summed E-state index contributed by atoms with van der Waals surface area (Å²) in [6.07, 6.45) is 0. The zero-order valence-electron chi connectivity index (χ0n) is 14.5. The zero-order chi connectivity index (χ0) is 18.4. The Balaban J connectivity index is 1.76. The molecule has 4 nitrogen and oxygen atoms in total. The molecule has 0 unspecified atom stereocenters. The van der Waals surface area contributed by atoms with Crippen LogP contribution in [0.15, 0.2) is 84.9 Å². The Hall–Kier alpha value is -3.40. The Kier molecular flexibility index (Phi) is 5.44. The second-order valence-corrected chi connectivity index (χ2v) is 5.97. The standard InChI is InChI=1S/C22H20N2O2/c1-16(17-10-4-2-5-11-17)23-22(26)19-14-8-9-15-20(19)24-21(25)18-12-6-3-7-13-18/h2-16H,1H3,(H,23,26)(H,24,25)/t16-/m0/s1. The minimum Gasteiger partial charge on any atom is -0.345 e. The molecule has 0 saturated heterocycles. The summed E-state index contributed by atoms with van der Waals surface area (Å²) in [5, 5.41) is 5.80. The maximum absolute atomic E-state index is 12.7. The summed E-state index contributed by atoms with van der Waals surface area (Å²) in [4.78, 5) is 25.1. The van der Waals surface area contributed by atoms with E-state index >= 15 is 0 Å². The van der Waals surface area contributed by atoms with Crippen LogP contribution in [-0.4, -0.2) is 11.8 Å². The fourth-order valence-electron chi connectivity index (χ4n) is 2.67. The molecule has 0 bridgehead atoms. The maximum Gasteiger partial charge on any atom is 0.255 e. The van der Waals surface area contributed by atoms with Gasteiger partial charge in [-0.3, -0.25) is 9.59 Å². The minimum absolute atomic E-state index is 0.137. The van der Waals surface area contributed by atoms with Crippen LogP contribution in [0.3, 0.4) is 0 Å². The smallest absolute Gasteiger partial charge is 0.255 e. The van der Waals surface area contributed by atoms with Crippen LogP contribution in [0, 0.1) is 0 Å². The monoisotopic (exact) mass is 344 g/mol. The molecule has 0 heterocycles. The van der Waals surface area contributed by atoms with Gasteiger partial charge in [-0.2, -0.15) is 0 Å². The normalized spacial score (nSPS) is 11.4. The van der Waals surface area contributed by atoms with Crippen LogP contribution in [0.25, 0.3) is 0 Å². The van der Waals surface area contributed by atoms with Gasteiger partial charge in [-0.15, -0.1) is 0 Å². The van der Waals surface area contributed by atoms with Gasteiger partial charge in [0, 0.05) is 5.56 Å². The van der Waals surface area contributed by atoms with Crippen molar-refractivity contribution in [1.29, 1.82) is 0 Å². The quantitative estimate of drug-likeness (QED) is 0.719. The lowest BCUT2D eigenvalue weighted by Crippen LogP contribution is -2.28. The van der Waals surface area contributed by atoms with Crippen molar-refractivity contribution in [2.24, 2.45) is 0 Å². The molecule has 130 valence electrons. The largest absolute Gasteiger partial charge is 0.345 e. The predicted octanol–water partition coefficient (Wildman–Crippen LogP) is 4.43. The summed E-state index contributed by atoms with van der Waals surface area (Å²) in [5.74, 6) is -0.479. The van der Waals surface area contributed by atoms with Crippen LogP contribution in [-0.2, 0) is 0 Å². The lowest BCUT2D eigenvalue weighted by atomic mass is 10.1. The van der Waals surface area contributed by atoms with E-state index in [0.717, 1.165) is 5.56 Å². The fraction of sp³-hybridized carbons (Fsp3) is 0.0909. The Morgan fingerprint density at radius 3 is 2.00 bits per heavy atom. The minimum atomic E-state index is -0.248. The van der Waals surface area contributed by atoms with Crippen LogP contribution in [0.2, 0.25) is 0 Å². The van der Waals surface area contributed by atoms with E-state index in [4.69, 9.17) is 0 Å². The average molecular weight is 344 g/mol. The van der Waals surface area contributed by atoms with Crippen molar-refractivity contribution >= 4 is 17.5 Å². The van der Waals surface area contributed by atoms with Gasteiger partial charge in [0.25, 0.3) is 11.8 Å². The van der Waals surface area contributed by atoms with Crippen molar-refractivity contribution in [3.63, 3.8) is 0 Å². The molecule has 3 aromatic carbocycles. The van der Waals surface area contributed by atoms with Gasteiger partial charge in [0.15, 0.2) is 0 Å². The van der Waals surface area contributed by atoms with Crippen molar-refractivity contribution in [2.75, 3.05) is 5.32 Å². The molecule has 26 heavy (non-hydrogen) atoms. The fourth-order valence-corrected chi connectivity index (χ4v) is 2.67. The zero-order valence-corrected chi connectivity index (χ0v) is 14.5. The van der Waals surface area contributed by atoms with Gasteiger partial charge in [0.2, 0.25) is 0 Å². The lowest BCUT2D eigenvalue weighted by Gasteiger charge is -2.16. The van der Waals surface area contributed by atoms with Gasteiger partial charge in [-0.25, -0.2) is 0 Å². The molecule has 2 N–H and O–H groups in total. The number of carbonyl (C=O) groups is 2. The number of amides is 2. The summed E-state index contributed by atoms with van der Waals surface area (Å²) in [7, 11) is 0. The molecule has 0 fully saturated rings. The molecule has 0 radical (unpaired) electrons. The van der Waals surface area contributed by atoms with Gasteiger partial charge >= 0.3 is 0 Å². The Morgan fingerprint density at radius 2 is 1.31 bits per heavy atom. The van der Waals surface area contributed by atoms with E-state index in [0.29, 0.717) is 16.8 Å². The molecule has 0 aromatic heterocycles. The number of benzene rings is 3. The summed E-state index contributed by atoms with van der Waals surface area (Å²) in [6.45, 7) is 1.93. The van der Waals surface area contributed by atoms with Gasteiger partial charge in [-0.1, -0.05) is 60.7 Å². The molecule has 3 rings (SSSR count). The predicted molar refractivity (Wildman–Crippen MR) is 103 cm³/mol. The highest BCUT2D eigenvalue weighted by atomic mass is 16.2. The first kappa shape index (κ1) is 17.4. The van der Waals surface area contributed by atoms with Gasteiger partial charge in [0.05, 0.1) is 17.3 Å². The van der Waals surface area contributed by atoms with Crippen molar-refractivity contribution in [3.05, 3.63) is 102 Å². The second kappa shape index (κ2) is 8.12. The van der Waals surface area contributed by atoms with Gasteiger partial charge in [-0.05, 0) is 36.8 Å². The van der Waals surface area contributed by atoms with Crippen LogP contribution in [0.4, 0.5) is 5.69 Å². The summed E-state index contributed by atoms with van der Waals surface area (Å²) in [5.41, 5.74) is 2.48. The molecule has 0 aliphatic heterocycles. The Labute approximate surface area is 152 Å². The third-order valence-electron chi connectivity index (χ3n) is 4.10. The maximum atomic E-state index is 12.7. The summed E-state index contributed by atoms with van der Waals surface area (Å²) < 4.78 is 0. The third kappa shape index (κ3) is 4.16. The molecular weight excluding hydrogens is 324 g/mol. The molecule has 0 saturated carbocycles. The number of hydrogen-bond acceptors (Lipinski definition) is 2. The first-order valence-electron chi connectivity index (χ1n) is 8.46. The van der Waals surface area contributed by atoms with E-state index in [9.17, 15) is 9.59 Å². The average Bonchev–Trinajstić information content (AvgIpc) is 2.69. The SMILES string of the molecule is C[C@H](NC(=O)c1ccccc1NC(=O)c1ccccc1)c1ccccc1. The Bertz CT molecular complexity index is 892. The van der Waals surface area contributed by atoms with E-state index in [1.54, 1.807) is 48.5 Å². The van der Waals surface area contributed by atoms with E-state index < -0.39 is 0 Å². The summed E-state index contributed by atoms with van der Waals surface area (Å²) >= 11 is 0. The summed E-state index contributed by atoms with van der Waals surface area (Å²) in [6, 6.07) is 25.5. The molecule has 2 amide bonds. The van der Waals surface area contributed by atoms with Crippen LogP contribution in [0.1, 0.15) is 39.2 Å². The molecule has 4 heteroatoms. The van der Waals surface area contributed by atoms with E-state index in [-0.39, 0.29) is 17.9 Å². The van der Waals surface area contributed by atoms with E-state index in [1.165, 1.54) is 0 Å². The first-order chi connectivity index (χ1) is 12.6. The van der Waals surface area contributed by atoms with Crippen molar-refractivity contribution in [2.45, 2.75) is 13.0 Å². The molecule has 0 aliphatic carbocycles. The number of rotatable bonds is 5. The Morgan fingerprint density at radius 1 is 0.731 bits per heavy atom. The highest BCUT2D eigenvalue weighted by Gasteiger charge is 2.16. The molecule has 3 aromatic rings. The number of carbonyl (C=O) groups excluding carboxylic acids is 2. The van der Waals surface area contributed by atoms with Gasteiger partial charge in [0.1, 0.15) is 0 Å². The van der Waals surface area contributed by atoms with E-state index in [2.05, 4.69) is 10.6 Å². The molecule has 0 spiro atoms. The molecule has 0 aliphatic rings. The highest BCUT2D eigenvalue weighted by molar-refractivity contribution is 6.09. The van der Waals surface area contributed by atoms with Crippen LogP contribution >= 0.6 is 0 Å². The topological polar surface area (TPSA) is 58.2 Å². The first-order valence-corrected chi connectivity index (χ1v) is 8.46. The van der Waals surface area contributed by atoms with Crippen molar-refractivity contribution in [3.8, 4) is 0 Å². The van der Waals surface area contributed by atoms with Gasteiger partial charge < -0.3 is 10.6 Å². The number of para-hydroxylation sites is 1. The van der Waals surface area contributed by atoms with Crippen molar-refractivity contribution in [1.82, 2.24) is 5.32 Å². The lowest BCUT2D eigenvalue weighted by molar-refractivity contribution is 0.0941.